The first-order valence-electron chi connectivity index (χ1n) is 7.73. The molecule has 1 aromatic rings. The largest absolute Gasteiger partial charge is 0.391 e. The molecular formula is C16H23N3O. The average molecular weight is 273 g/mol. The van der Waals surface area contributed by atoms with E-state index in [0.29, 0.717) is 12.1 Å². The summed E-state index contributed by atoms with van der Waals surface area (Å²) in [6, 6.07) is 12.4. The van der Waals surface area contributed by atoms with Crippen molar-refractivity contribution in [2.75, 3.05) is 18.0 Å². The molecule has 1 aromatic carbocycles. The Bertz CT molecular complexity index is 480. The standard InChI is InChI=1S/C16H23N3O/c17-11-6-15(16(20)7-11)19-10-13-8-14(19)9-18(13)12-4-2-1-3-5-12/h1-5,11,13-16,20H,6-10,17H2/t11-,13-,14-,15-,16-/m0/s1. The molecule has 4 rings (SSSR count). The van der Waals surface area contributed by atoms with Crippen LogP contribution in [0.3, 0.4) is 0 Å². The lowest BCUT2D eigenvalue weighted by Crippen LogP contribution is -2.52. The van der Waals surface area contributed by atoms with Gasteiger partial charge in [0.25, 0.3) is 0 Å². The monoisotopic (exact) mass is 273 g/mol. The predicted molar refractivity (Wildman–Crippen MR) is 79.7 cm³/mol. The van der Waals surface area contributed by atoms with Gasteiger partial charge in [0.1, 0.15) is 0 Å². The minimum atomic E-state index is -0.227. The number of nitrogens with zero attached hydrogens (tertiary/aromatic N) is 2. The van der Waals surface area contributed by atoms with Crippen molar-refractivity contribution in [2.24, 2.45) is 5.73 Å². The Morgan fingerprint density at radius 2 is 1.80 bits per heavy atom. The first kappa shape index (κ1) is 12.6. The van der Waals surface area contributed by atoms with Crippen LogP contribution in [0.5, 0.6) is 0 Å². The van der Waals surface area contributed by atoms with Gasteiger partial charge in [0, 0.05) is 42.9 Å². The quantitative estimate of drug-likeness (QED) is 0.837. The molecule has 4 nitrogen and oxygen atoms in total. The highest BCUT2D eigenvalue weighted by Crippen LogP contribution is 2.38. The van der Waals surface area contributed by atoms with E-state index < -0.39 is 0 Å². The summed E-state index contributed by atoms with van der Waals surface area (Å²) in [6.45, 7) is 2.17. The molecule has 0 aromatic heterocycles. The number of aliphatic hydroxyl groups is 1. The molecule has 3 aliphatic rings. The van der Waals surface area contributed by atoms with Crippen molar-refractivity contribution in [3.63, 3.8) is 0 Å². The molecule has 2 saturated heterocycles. The third kappa shape index (κ3) is 1.94. The van der Waals surface area contributed by atoms with E-state index in [4.69, 9.17) is 5.73 Å². The van der Waals surface area contributed by atoms with Crippen LogP contribution < -0.4 is 10.6 Å². The van der Waals surface area contributed by atoms with Gasteiger partial charge in [-0.2, -0.15) is 0 Å². The number of benzene rings is 1. The van der Waals surface area contributed by atoms with Crippen LogP contribution in [0, 0.1) is 0 Å². The molecule has 0 amide bonds. The molecule has 2 bridgehead atoms. The number of piperazine rings is 1. The Labute approximate surface area is 120 Å². The van der Waals surface area contributed by atoms with Crippen LogP contribution in [0.1, 0.15) is 19.3 Å². The third-order valence-corrected chi connectivity index (χ3v) is 5.33. The normalized spacial score (nSPS) is 40.7. The van der Waals surface area contributed by atoms with Gasteiger partial charge in [-0.25, -0.2) is 0 Å². The Hall–Kier alpha value is -1.10. The lowest BCUT2D eigenvalue weighted by molar-refractivity contribution is 0.0591. The number of nitrogens with two attached hydrogens (primary N) is 1. The molecule has 1 saturated carbocycles. The van der Waals surface area contributed by atoms with Crippen LogP contribution >= 0.6 is 0 Å². The summed E-state index contributed by atoms with van der Waals surface area (Å²) < 4.78 is 0. The van der Waals surface area contributed by atoms with Gasteiger partial charge in [0.05, 0.1) is 6.10 Å². The highest BCUT2D eigenvalue weighted by Gasteiger charge is 2.48. The minimum Gasteiger partial charge on any atom is -0.391 e. The van der Waals surface area contributed by atoms with Gasteiger partial charge >= 0.3 is 0 Å². The van der Waals surface area contributed by atoms with Crippen molar-refractivity contribution in [1.82, 2.24) is 4.90 Å². The predicted octanol–water partition coefficient (Wildman–Crippen LogP) is 0.800. The lowest BCUT2D eigenvalue weighted by Gasteiger charge is -2.39. The Morgan fingerprint density at radius 1 is 1.00 bits per heavy atom. The first-order valence-corrected chi connectivity index (χ1v) is 7.73. The molecule has 0 unspecified atom stereocenters. The molecule has 108 valence electrons. The molecule has 0 spiro atoms. The maximum atomic E-state index is 10.2. The van der Waals surface area contributed by atoms with Gasteiger partial charge in [-0.1, -0.05) is 18.2 Å². The topological polar surface area (TPSA) is 52.7 Å². The van der Waals surface area contributed by atoms with E-state index >= 15 is 0 Å². The van der Waals surface area contributed by atoms with Gasteiger partial charge in [0.2, 0.25) is 0 Å². The van der Waals surface area contributed by atoms with Crippen LogP contribution in [0.15, 0.2) is 30.3 Å². The summed E-state index contributed by atoms with van der Waals surface area (Å²) >= 11 is 0. The fraction of sp³-hybridized carbons (Fsp3) is 0.625. The maximum absolute atomic E-state index is 10.2. The number of fused-ring (bicyclic) bond motifs is 2. The van der Waals surface area contributed by atoms with Gasteiger partial charge < -0.3 is 15.7 Å². The number of rotatable bonds is 2. The van der Waals surface area contributed by atoms with E-state index in [9.17, 15) is 5.11 Å². The molecule has 3 N–H and O–H groups in total. The van der Waals surface area contributed by atoms with Crippen LogP contribution in [0.2, 0.25) is 0 Å². The highest BCUT2D eigenvalue weighted by atomic mass is 16.3. The van der Waals surface area contributed by atoms with E-state index in [1.165, 1.54) is 12.1 Å². The van der Waals surface area contributed by atoms with Gasteiger partial charge in [-0.3, -0.25) is 4.90 Å². The Kier molecular flexibility index (Phi) is 2.98. The molecule has 3 fully saturated rings. The van der Waals surface area contributed by atoms with Crippen molar-refractivity contribution in [3.05, 3.63) is 30.3 Å². The van der Waals surface area contributed by atoms with Crippen molar-refractivity contribution in [1.29, 1.82) is 0 Å². The van der Waals surface area contributed by atoms with Crippen molar-refractivity contribution < 1.29 is 5.11 Å². The molecule has 2 heterocycles. The van der Waals surface area contributed by atoms with Crippen LogP contribution in [0.25, 0.3) is 0 Å². The van der Waals surface area contributed by atoms with E-state index in [1.807, 2.05) is 0 Å². The van der Waals surface area contributed by atoms with Crippen molar-refractivity contribution >= 4 is 5.69 Å². The summed E-state index contributed by atoms with van der Waals surface area (Å²) in [5, 5.41) is 10.2. The fourth-order valence-corrected chi connectivity index (χ4v) is 4.43. The summed E-state index contributed by atoms with van der Waals surface area (Å²) in [4.78, 5) is 5.06. The Morgan fingerprint density at radius 3 is 2.40 bits per heavy atom. The second-order valence-corrected chi connectivity index (χ2v) is 6.59. The van der Waals surface area contributed by atoms with Crippen LogP contribution in [0.4, 0.5) is 5.69 Å². The molecule has 0 radical (unpaired) electrons. The summed E-state index contributed by atoms with van der Waals surface area (Å²) in [5.74, 6) is 0. The number of hydrogen-bond donors (Lipinski definition) is 2. The van der Waals surface area contributed by atoms with E-state index in [0.717, 1.165) is 25.9 Å². The first-order chi connectivity index (χ1) is 9.72. The van der Waals surface area contributed by atoms with Crippen molar-refractivity contribution in [3.8, 4) is 0 Å². The smallest absolute Gasteiger partial charge is 0.0710 e. The zero-order chi connectivity index (χ0) is 13.7. The molecule has 1 aliphatic carbocycles. The molecule has 4 heteroatoms. The van der Waals surface area contributed by atoms with Gasteiger partial charge in [0.15, 0.2) is 0 Å². The van der Waals surface area contributed by atoms with Crippen LogP contribution in [-0.2, 0) is 0 Å². The molecule has 2 aliphatic heterocycles. The zero-order valence-electron chi connectivity index (χ0n) is 11.7. The minimum absolute atomic E-state index is 0.180. The number of anilines is 1. The van der Waals surface area contributed by atoms with E-state index in [2.05, 4.69) is 40.1 Å². The van der Waals surface area contributed by atoms with E-state index in [-0.39, 0.29) is 18.2 Å². The summed E-state index contributed by atoms with van der Waals surface area (Å²) in [7, 11) is 0. The SMILES string of the molecule is N[C@@H]1C[C@H](O)[C@@H](N2C[C@@H]3C[C@H]2CN3c2ccccc2)C1. The van der Waals surface area contributed by atoms with Crippen LogP contribution in [-0.4, -0.2) is 53.4 Å². The van der Waals surface area contributed by atoms with Crippen molar-refractivity contribution in [2.45, 2.75) is 49.5 Å². The second kappa shape index (κ2) is 4.72. The lowest BCUT2D eigenvalue weighted by atomic mass is 10.1. The van der Waals surface area contributed by atoms with Gasteiger partial charge in [-0.05, 0) is 31.4 Å². The fourth-order valence-electron chi connectivity index (χ4n) is 4.43. The summed E-state index contributed by atoms with van der Waals surface area (Å²) in [6.07, 6.45) is 2.72. The number of aliphatic hydroxyl groups excluding tert-OH is 1. The number of hydrogen-bond acceptors (Lipinski definition) is 4. The molecular weight excluding hydrogens is 250 g/mol. The number of para-hydroxylation sites is 1. The molecule has 5 atom stereocenters. The second-order valence-electron chi connectivity index (χ2n) is 6.59. The number of likely N-dealkylation sites (tertiary alicyclic amines) is 1. The average Bonchev–Trinajstić information content (AvgIpc) is 3.13. The maximum Gasteiger partial charge on any atom is 0.0710 e. The highest BCUT2D eigenvalue weighted by molar-refractivity contribution is 5.49. The molecule has 20 heavy (non-hydrogen) atoms. The van der Waals surface area contributed by atoms with E-state index in [1.54, 1.807) is 0 Å². The third-order valence-electron chi connectivity index (χ3n) is 5.33. The van der Waals surface area contributed by atoms with Gasteiger partial charge in [-0.15, -0.1) is 0 Å². The zero-order valence-corrected chi connectivity index (χ0v) is 11.7. The summed E-state index contributed by atoms with van der Waals surface area (Å²) in [5.41, 5.74) is 7.34. The Balaban J connectivity index is 1.48.